The van der Waals surface area contributed by atoms with Gasteiger partial charge in [-0.05, 0) is 62.8 Å². The van der Waals surface area contributed by atoms with Gasteiger partial charge in [0.25, 0.3) is 11.8 Å². The van der Waals surface area contributed by atoms with E-state index >= 15 is 0 Å². The topological polar surface area (TPSA) is 102 Å². The van der Waals surface area contributed by atoms with Crippen molar-refractivity contribution in [3.63, 3.8) is 0 Å². The molecule has 0 unspecified atom stereocenters. The number of pyridine rings is 2. The first kappa shape index (κ1) is 29.2. The van der Waals surface area contributed by atoms with Crippen molar-refractivity contribution in [2.75, 3.05) is 5.32 Å². The third-order valence-electron chi connectivity index (χ3n) is 6.84. The lowest BCUT2D eigenvalue weighted by Crippen LogP contribution is -2.32. The lowest BCUT2D eigenvalue weighted by molar-refractivity contribution is -0.141. The molecule has 42 heavy (non-hydrogen) atoms. The summed E-state index contributed by atoms with van der Waals surface area (Å²) in [6, 6.07) is 12.7. The highest BCUT2D eigenvalue weighted by molar-refractivity contribution is 6.32. The van der Waals surface area contributed by atoms with Crippen molar-refractivity contribution >= 4 is 29.2 Å². The fraction of sp³-hybridized carbons (Fsp3) is 0.300. The molecule has 1 aromatic carbocycles. The Kier molecular flexibility index (Phi) is 8.31. The Morgan fingerprint density at radius 1 is 1.00 bits per heavy atom. The van der Waals surface area contributed by atoms with Crippen LogP contribution in [0.2, 0.25) is 5.02 Å². The Morgan fingerprint density at radius 3 is 2.43 bits per heavy atom. The van der Waals surface area contributed by atoms with Crippen LogP contribution in [0.1, 0.15) is 70.9 Å². The van der Waals surface area contributed by atoms with E-state index < -0.39 is 29.4 Å². The number of carbonyl (C=O) groups is 2. The van der Waals surface area contributed by atoms with Gasteiger partial charge in [-0.3, -0.25) is 9.59 Å². The van der Waals surface area contributed by atoms with E-state index in [9.17, 15) is 22.8 Å². The zero-order valence-electron chi connectivity index (χ0n) is 22.9. The molecule has 3 heterocycles. The second-order valence-corrected chi connectivity index (χ2v) is 10.7. The van der Waals surface area contributed by atoms with Gasteiger partial charge in [-0.2, -0.15) is 18.3 Å². The van der Waals surface area contributed by atoms with Gasteiger partial charge >= 0.3 is 6.18 Å². The van der Waals surface area contributed by atoms with Crippen LogP contribution in [0.5, 0.6) is 0 Å². The summed E-state index contributed by atoms with van der Waals surface area (Å²) in [7, 11) is 0. The minimum Gasteiger partial charge on any atom is -0.350 e. The van der Waals surface area contributed by atoms with Gasteiger partial charge in [-0.15, -0.1) is 0 Å². The summed E-state index contributed by atoms with van der Waals surface area (Å²) < 4.78 is 41.9. The number of nitrogens with zero attached hydrogens (tertiary/aromatic N) is 4. The minimum atomic E-state index is -4.84. The highest BCUT2D eigenvalue weighted by Gasteiger charge is 2.37. The number of benzene rings is 1. The number of hydrogen-bond donors (Lipinski definition) is 2. The first-order valence-corrected chi connectivity index (χ1v) is 13.9. The number of alkyl halides is 3. The summed E-state index contributed by atoms with van der Waals surface area (Å²) >= 11 is 6.22. The van der Waals surface area contributed by atoms with E-state index in [4.69, 9.17) is 16.6 Å². The molecule has 0 saturated carbocycles. The van der Waals surface area contributed by atoms with Gasteiger partial charge in [-0.1, -0.05) is 48.4 Å². The van der Waals surface area contributed by atoms with Gasteiger partial charge in [0.1, 0.15) is 11.5 Å². The largest absolute Gasteiger partial charge is 0.435 e. The van der Waals surface area contributed by atoms with Crippen molar-refractivity contribution in [2.24, 2.45) is 0 Å². The Labute approximate surface area is 245 Å². The van der Waals surface area contributed by atoms with Crippen molar-refractivity contribution in [3.05, 3.63) is 88.0 Å². The van der Waals surface area contributed by atoms with Gasteiger partial charge in [0.15, 0.2) is 11.5 Å². The third kappa shape index (κ3) is 6.01. The summed E-state index contributed by atoms with van der Waals surface area (Å²) in [4.78, 5) is 36.3. The van der Waals surface area contributed by atoms with Gasteiger partial charge < -0.3 is 10.6 Å². The maximum Gasteiger partial charge on any atom is 0.435 e. The number of rotatable bonds is 6. The van der Waals surface area contributed by atoms with Crippen LogP contribution in [-0.2, 0) is 19.0 Å². The molecule has 2 N–H and O–H groups in total. The number of anilines is 1. The van der Waals surface area contributed by atoms with E-state index in [1.54, 1.807) is 0 Å². The minimum absolute atomic E-state index is 0.00473. The van der Waals surface area contributed by atoms with Crippen LogP contribution in [0, 0.1) is 0 Å². The average Bonchev–Trinajstić information content (AvgIpc) is 3.27. The smallest absolute Gasteiger partial charge is 0.350 e. The van der Waals surface area contributed by atoms with Gasteiger partial charge in [0, 0.05) is 29.6 Å². The third-order valence-corrected chi connectivity index (χ3v) is 7.13. The molecule has 0 atom stereocenters. The molecule has 1 aliphatic rings. The second-order valence-electron chi connectivity index (χ2n) is 10.3. The first-order chi connectivity index (χ1) is 20.0. The molecular weight excluding hydrogens is 569 g/mol. The predicted molar refractivity (Wildman–Crippen MR) is 153 cm³/mol. The highest BCUT2D eigenvalue weighted by Crippen LogP contribution is 2.37. The number of aryl methyl sites for hydroxylation is 1. The molecule has 0 fully saturated rings. The summed E-state index contributed by atoms with van der Waals surface area (Å²) in [5, 5.41) is 9.14. The fourth-order valence-corrected chi connectivity index (χ4v) is 5.24. The molecule has 0 spiro atoms. The number of halogens is 4. The Bertz CT molecular complexity index is 1640. The summed E-state index contributed by atoms with van der Waals surface area (Å²) in [6.07, 6.45) is 0.574. The highest BCUT2D eigenvalue weighted by atomic mass is 35.5. The summed E-state index contributed by atoms with van der Waals surface area (Å²) in [6.45, 7) is 3.62. The molecule has 8 nitrogen and oxygen atoms in total. The van der Waals surface area contributed by atoms with E-state index in [2.05, 4.69) is 20.7 Å². The second kappa shape index (κ2) is 11.9. The molecule has 5 rings (SSSR count). The molecular formula is C30H28ClF3N6O2. The maximum absolute atomic E-state index is 13.8. The van der Waals surface area contributed by atoms with E-state index in [1.807, 2.05) is 44.2 Å². The Hall–Kier alpha value is -4.25. The fourth-order valence-electron chi connectivity index (χ4n) is 5.04. The van der Waals surface area contributed by atoms with Crippen LogP contribution in [0.25, 0.3) is 16.9 Å². The number of aromatic nitrogens is 4. The molecule has 4 aromatic rings. The number of nitrogens with one attached hydrogen (secondary N) is 2. The predicted octanol–water partition coefficient (Wildman–Crippen LogP) is 6.66. The SMILES string of the molecule is CC(C)NC(=O)c1c(NC(=O)c2cc(C(F)(F)F)nn2-c2ncccc2Cl)nc2c(c1-c1ccccc1)CCCCC2. The molecule has 1 aliphatic carbocycles. The zero-order valence-corrected chi connectivity index (χ0v) is 23.7. The van der Waals surface area contributed by atoms with Gasteiger partial charge in [-0.25, -0.2) is 14.6 Å². The van der Waals surface area contributed by atoms with Crippen LogP contribution in [0.4, 0.5) is 19.0 Å². The number of amides is 2. The molecule has 0 bridgehead atoms. The van der Waals surface area contributed by atoms with Crippen LogP contribution in [0.3, 0.4) is 0 Å². The monoisotopic (exact) mass is 596 g/mol. The summed E-state index contributed by atoms with van der Waals surface area (Å²) in [5.41, 5.74) is 1.45. The standard InChI is InChI=1S/C30H28ClF3N6O2/c1-17(2)36-29(42)25-24(18-10-5-3-6-11-18)19-12-7-4-8-14-21(19)37-26(25)38-28(41)22-16-23(30(32,33)34)39-40(22)27-20(31)13-9-15-35-27/h3,5-6,9-11,13,15-17H,4,7-8,12,14H2,1-2H3,(H,36,42)(H,37,38,41). The van der Waals surface area contributed by atoms with Crippen molar-refractivity contribution in [1.82, 2.24) is 25.1 Å². The number of carbonyl (C=O) groups excluding carboxylic acids is 2. The number of fused-ring (bicyclic) bond motifs is 1. The molecule has 218 valence electrons. The van der Waals surface area contributed by atoms with E-state index in [1.165, 1.54) is 18.3 Å². The van der Waals surface area contributed by atoms with Crippen molar-refractivity contribution in [1.29, 1.82) is 0 Å². The molecule has 12 heteroatoms. The van der Waals surface area contributed by atoms with E-state index in [-0.39, 0.29) is 28.3 Å². The van der Waals surface area contributed by atoms with Crippen molar-refractivity contribution in [2.45, 2.75) is 58.2 Å². The van der Waals surface area contributed by atoms with Crippen LogP contribution in [-0.4, -0.2) is 37.6 Å². The van der Waals surface area contributed by atoms with Crippen LogP contribution < -0.4 is 10.6 Å². The Morgan fingerprint density at radius 2 is 1.74 bits per heavy atom. The molecule has 2 amide bonds. The number of hydrogen-bond acceptors (Lipinski definition) is 5. The average molecular weight is 597 g/mol. The maximum atomic E-state index is 13.8. The normalized spacial score (nSPS) is 13.4. The Balaban J connectivity index is 1.70. The molecule has 3 aromatic heterocycles. The van der Waals surface area contributed by atoms with Crippen LogP contribution in [0.15, 0.2) is 54.7 Å². The first-order valence-electron chi connectivity index (χ1n) is 13.6. The van der Waals surface area contributed by atoms with Crippen molar-refractivity contribution < 1.29 is 22.8 Å². The van der Waals surface area contributed by atoms with Crippen molar-refractivity contribution in [3.8, 4) is 16.9 Å². The van der Waals surface area contributed by atoms with Gasteiger partial charge in [0.2, 0.25) is 0 Å². The lowest BCUT2D eigenvalue weighted by atomic mass is 9.90. The lowest BCUT2D eigenvalue weighted by Gasteiger charge is -2.21. The van der Waals surface area contributed by atoms with Gasteiger partial charge in [0.05, 0.1) is 10.6 Å². The molecule has 0 saturated heterocycles. The summed E-state index contributed by atoms with van der Waals surface area (Å²) in [5.74, 6) is -1.63. The molecule has 0 aliphatic heterocycles. The van der Waals surface area contributed by atoms with Crippen LogP contribution >= 0.6 is 11.6 Å². The molecule has 0 radical (unpaired) electrons. The zero-order chi connectivity index (χ0) is 30.0. The quantitative estimate of drug-likeness (QED) is 0.242. The van der Waals surface area contributed by atoms with E-state index in [0.29, 0.717) is 24.5 Å². The van der Waals surface area contributed by atoms with E-state index in [0.717, 1.165) is 40.8 Å².